The van der Waals surface area contributed by atoms with Gasteiger partial charge in [-0.3, -0.25) is 9.59 Å². The highest BCUT2D eigenvalue weighted by Gasteiger charge is 2.28. The summed E-state index contributed by atoms with van der Waals surface area (Å²) in [4.78, 5) is 30.4. The minimum absolute atomic E-state index is 0.00440. The van der Waals surface area contributed by atoms with Crippen LogP contribution in [0.15, 0.2) is 4.79 Å². The van der Waals surface area contributed by atoms with Crippen molar-refractivity contribution in [3.63, 3.8) is 0 Å². The van der Waals surface area contributed by atoms with Crippen LogP contribution in [0.4, 0.5) is 0 Å². The van der Waals surface area contributed by atoms with Crippen molar-refractivity contribution in [3.8, 4) is 0 Å². The molecule has 0 radical (unpaired) electrons. The minimum Gasteiger partial charge on any atom is -0.352 e. The molecule has 116 valence electrons. The largest absolute Gasteiger partial charge is 0.352 e. The van der Waals surface area contributed by atoms with E-state index in [9.17, 15) is 18.0 Å². The van der Waals surface area contributed by atoms with E-state index in [-0.39, 0.29) is 35.4 Å². The molecule has 2 heterocycles. The van der Waals surface area contributed by atoms with Crippen molar-refractivity contribution < 1.29 is 13.2 Å². The van der Waals surface area contributed by atoms with Gasteiger partial charge in [-0.2, -0.15) is 0 Å². The zero-order valence-corrected chi connectivity index (χ0v) is 12.9. The van der Waals surface area contributed by atoms with Crippen molar-refractivity contribution in [2.45, 2.75) is 39.2 Å². The number of nitrogens with zero attached hydrogens (tertiary/aromatic N) is 1. The van der Waals surface area contributed by atoms with Gasteiger partial charge in [-0.15, -0.1) is 0 Å². The molecule has 0 aromatic carbocycles. The van der Waals surface area contributed by atoms with E-state index in [0.29, 0.717) is 29.9 Å². The number of amides is 1. The highest BCUT2D eigenvalue weighted by molar-refractivity contribution is 7.91. The number of aromatic amines is 1. The quantitative estimate of drug-likeness (QED) is 0.788. The number of aryl methyl sites for hydroxylation is 2. The smallest absolute Gasteiger partial charge is 0.254 e. The van der Waals surface area contributed by atoms with Gasteiger partial charge in [0.05, 0.1) is 11.5 Å². The Morgan fingerprint density at radius 1 is 1.43 bits per heavy atom. The van der Waals surface area contributed by atoms with Gasteiger partial charge in [-0.1, -0.05) is 0 Å². The maximum Gasteiger partial charge on any atom is 0.254 e. The molecule has 0 saturated carbocycles. The van der Waals surface area contributed by atoms with Gasteiger partial charge >= 0.3 is 0 Å². The number of hydrogen-bond donors (Lipinski definition) is 2. The first-order valence-electron chi connectivity index (χ1n) is 6.83. The first kappa shape index (κ1) is 15.7. The predicted octanol–water partition coefficient (Wildman–Crippen LogP) is -0.377. The molecule has 0 bridgehead atoms. The molecule has 1 atom stereocenters. The fraction of sp³-hybridized carbons (Fsp3) is 0.615. The zero-order valence-electron chi connectivity index (χ0n) is 12.1. The van der Waals surface area contributed by atoms with Gasteiger partial charge < -0.3 is 10.3 Å². The predicted molar refractivity (Wildman–Crippen MR) is 77.9 cm³/mol. The third-order valence-corrected chi connectivity index (χ3v) is 5.31. The van der Waals surface area contributed by atoms with Gasteiger partial charge in [0.15, 0.2) is 9.84 Å². The fourth-order valence-electron chi connectivity index (χ4n) is 2.49. The first-order chi connectivity index (χ1) is 9.77. The lowest BCUT2D eigenvalue weighted by molar-refractivity contribution is -0.121. The molecule has 7 nitrogen and oxygen atoms in total. The van der Waals surface area contributed by atoms with Crippen LogP contribution in [0.25, 0.3) is 0 Å². The van der Waals surface area contributed by atoms with Gasteiger partial charge in [0.25, 0.3) is 5.56 Å². The van der Waals surface area contributed by atoms with E-state index in [1.807, 2.05) is 0 Å². The summed E-state index contributed by atoms with van der Waals surface area (Å²) in [6.45, 7) is 3.43. The van der Waals surface area contributed by atoms with Crippen molar-refractivity contribution >= 4 is 15.7 Å². The van der Waals surface area contributed by atoms with Crippen molar-refractivity contribution in [2.75, 3.05) is 11.5 Å². The Morgan fingerprint density at radius 3 is 2.71 bits per heavy atom. The molecule has 2 rings (SSSR count). The van der Waals surface area contributed by atoms with Crippen LogP contribution in [-0.2, 0) is 21.1 Å². The molecule has 0 aliphatic carbocycles. The van der Waals surface area contributed by atoms with E-state index in [0.717, 1.165) is 0 Å². The number of aromatic nitrogens is 2. The van der Waals surface area contributed by atoms with E-state index >= 15 is 0 Å². The summed E-state index contributed by atoms with van der Waals surface area (Å²) in [7, 11) is -3.01. The lowest BCUT2D eigenvalue weighted by atomic mass is 10.1. The Hall–Kier alpha value is -1.70. The second kappa shape index (κ2) is 5.97. The van der Waals surface area contributed by atoms with E-state index in [4.69, 9.17) is 0 Å². The molecule has 1 unspecified atom stereocenters. The molecular weight excluding hydrogens is 294 g/mol. The number of rotatable bonds is 4. The van der Waals surface area contributed by atoms with Gasteiger partial charge in [-0.05, 0) is 26.7 Å². The van der Waals surface area contributed by atoms with Crippen LogP contribution in [0.3, 0.4) is 0 Å². The molecule has 1 amide bonds. The van der Waals surface area contributed by atoms with Crippen molar-refractivity contribution in [1.82, 2.24) is 15.3 Å². The molecule has 2 N–H and O–H groups in total. The standard InChI is InChI=1S/C13H19N3O4S/c1-8-11(13(18)15-9(2)14-8)3-4-12(17)16-10-5-6-21(19,20)7-10/h10H,3-7H2,1-2H3,(H,16,17)(H,14,15,18). The number of hydrogen-bond acceptors (Lipinski definition) is 5. The summed E-state index contributed by atoms with van der Waals surface area (Å²) < 4.78 is 22.6. The lowest BCUT2D eigenvalue weighted by Crippen LogP contribution is -2.36. The molecular formula is C13H19N3O4S. The Kier molecular flexibility index (Phi) is 4.46. The molecule has 1 aromatic rings. The van der Waals surface area contributed by atoms with E-state index in [1.54, 1.807) is 13.8 Å². The summed E-state index contributed by atoms with van der Waals surface area (Å²) in [5.74, 6) is 0.432. The van der Waals surface area contributed by atoms with Crippen molar-refractivity contribution in [2.24, 2.45) is 0 Å². The Balaban J connectivity index is 1.92. The van der Waals surface area contributed by atoms with Gasteiger partial charge in [0.1, 0.15) is 5.82 Å². The second-order valence-corrected chi connectivity index (χ2v) is 7.61. The maximum atomic E-state index is 11.8. The fourth-order valence-corrected chi connectivity index (χ4v) is 4.17. The maximum absolute atomic E-state index is 11.8. The topological polar surface area (TPSA) is 109 Å². The summed E-state index contributed by atoms with van der Waals surface area (Å²) in [6, 6.07) is -0.307. The van der Waals surface area contributed by atoms with Crippen LogP contribution in [0, 0.1) is 13.8 Å². The van der Waals surface area contributed by atoms with E-state index in [1.165, 1.54) is 0 Å². The van der Waals surface area contributed by atoms with Crippen LogP contribution in [0.1, 0.15) is 29.9 Å². The highest BCUT2D eigenvalue weighted by atomic mass is 32.2. The molecule has 21 heavy (non-hydrogen) atoms. The molecule has 0 spiro atoms. The summed E-state index contributed by atoms with van der Waals surface area (Å²) in [5.41, 5.74) is 0.888. The van der Waals surface area contributed by atoms with E-state index in [2.05, 4.69) is 15.3 Å². The molecule has 1 aliphatic rings. The van der Waals surface area contributed by atoms with Crippen LogP contribution >= 0.6 is 0 Å². The summed E-state index contributed by atoms with van der Waals surface area (Å²) >= 11 is 0. The van der Waals surface area contributed by atoms with Gasteiger partial charge in [0.2, 0.25) is 5.91 Å². The number of H-pyrrole nitrogens is 1. The third kappa shape index (κ3) is 4.13. The molecule has 1 saturated heterocycles. The zero-order chi connectivity index (χ0) is 15.6. The highest BCUT2D eigenvalue weighted by Crippen LogP contribution is 2.11. The van der Waals surface area contributed by atoms with Crippen molar-refractivity contribution in [1.29, 1.82) is 0 Å². The van der Waals surface area contributed by atoms with Gasteiger partial charge in [0, 0.05) is 23.7 Å². The SMILES string of the molecule is Cc1nc(C)c(CCC(=O)NC2CCS(=O)(=O)C2)c(=O)[nH]1. The van der Waals surface area contributed by atoms with Crippen LogP contribution in [-0.4, -0.2) is 41.8 Å². The molecule has 1 aromatic heterocycles. The number of nitrogens with one attached hydrogen (secondary N) is 2. The average Bonchev–Trinajstić information content (AvgIpc) is 2.67. The van der Waals surface area contributed by atoms with Crippen molar-refractivity contribution in [3.05, 3.63) is 27.4 Å². The van der Waals surface area contributed by atoms with E-state index < -0.39 is 9.84 Å². The summed E-state index contributed by atoms with van der Waals surface area (Å²) in [6.07, 6.45) is 0.894. The second-order valence-electron chi connectivity index (χ2n) is 5.38. The normalized spacial score (nSPS) is 20.4. The third-order valence-electron chi connectivity index (χ3n) is 3.54. The minimum atomic E-state index is -3.01. The Morgan fingerprint density at radius 2 is 2.14 bits per heavy atom. The summed E-state index contributed by atoms with van der Waals surface area (Å²) in [5, 5.41) is 2.70. The molecule has 1 aliphatic heterocycles. The van der Waals surface area contributed by atoms with Crippen LogP contribution in [0.2, 0.25) is 0 Å². The Labute approximate surface area is 123 Å². The Bertz CT molecular complexity index is 709. The number of carbonyl (C=O) groups is 1. The van der Waals surface area contributed by atoms with Crippen LogP contribution < -0.4 is 10.9 Å². The molecule has 1 fully saturated rings. The van der Waals surface area contributed by atoms with Crippen LogP contribution in [0.5, 0.6) is 0 Å². The number of carbonyl (C=O) groups excluding carboxylic acids is 1. The lowest BCUT2D eigenvalue weighted by Gasteiger charge is -2.11. The average molecular weight is 313 g/mol. The first-order valence-corrected chi connectivity index (χ1v) is 8.65. The van der Waals surface area contributed by atoms with Gasteiger partial charge in [-0.25, -0.2) is 13.4 Å². The number of sulfone groups is 1. The molecule has 8 heteroatoms. The monoisotopic (exact) mass is 313 g/mol.